The van der Waals surface area contributed by atoms with Gasteiger partial charge in [-0.1, -0.05) is 0 Å². The van der Waals surface area contributed by atoms with Crippen molar-refractivity contribution in [2.45, 2.75) is 6.54 Å². The molecule has 2 N–H and O–H groups in total. The fourth-order valence-corrected chi connectivity index (χ4v) is 1.13. The molecule has 0 aromatic carbocycles. The zero-order valence-electron chi connectivity index (χ0n) is 7.32. The van der Waals surface area contributed by atoms with Crippen molar-refractivity contribution in [1.82, 2.24) is 4.98 Å². The van der Waals surface area contributed by atoms with Gasteiger partial charge in [-0.25, -0.2) is 0 Å². The topological polar surface area (TPSA) is 68.3 Å². The average molecular weight is 162 g/mol. The number of aromatic nitrogens is 1. The first-order valence-corrected chi connectivity index (χ1v) is 3.56. The zero-order valence-corrected chi connectivity index (χ0v) is 6.32. The number of primary amides is 1. The number of nitrogens with zero attached hydrogens (tertiary/aromatic N) is 2. The van der Waals surface area contributed by atoms with E-state index < -0.39 is 5.91 Å². The molecule has 0 unspecified atom stereocenters. The number of carbonyl (C=O) groups is 1. The molecular weight excluding hydrogens is 154 g/mol. The van der Waals surface area contributed by atoms with Crippen LogP contribution < -0.4 is 5.73 Å². The quantitative estimate of drug-likeness (QED) is 0.642. The van der Waals surface area contributed by atoms with E-state index in [4.69, 9.17) is 5.73 Å². The summed E-state index contributed by atoms with van der Waals surface area (Å²) >= 11 is 0. The molecule has 0 aliphatic carbocycles. The van der Waals surface area contributed by atoms with E-state index >= 15 is 0 Å². The molecule has 12 heavy (non-hydrogen) atoms. The van der Waals surface area contributed by atoms with Crippen LogP contribution in [0, 0.1) is 0 Å². The molecule has 0 radical (unpaired) electrons. The maximum Gasteiger partial charge on any atom is 1.00 e. The number of amides is 1. The fraction of sp³-hybridized carbons (Fsp3) is 0.125. The lowest BCUT2D eigenvalue weighted by atomic mass is 10.1. The van der Waals surface area contributed by atoms with E-state index in [1.807, 2.05) is 0 Å². The molecular formula is C8H8N3O+. The molecule has 2 rings (SSSR count). The van der Waals surface area contributed by atoms with E-state index in [-0.39, 0.29) is 1.43 Å². The smallest absolute Gasteiger partial charge is 0.366 e. The van der Waals surface area contributed by atoms with Gasteiger partial charge >= 0.3 is 1.43 Å². The van der Waals surface area contributed by atoms with E-state index in [1.165, 1.54) is 6.20 Å². The highest BCUT2D eigenvalue weighted by atomic mass is 16.1. The first kappa shape index (κ1) is 6.97. The molecule has 0 fully saturated rings. The van der Waals surface area contributed by atoms with Crippen LogP contribution in [-0.4, -0.2) is 17.1 Å². The molecule has 1 aromatic heterocycles. The number of rotatable bonds is 1. The van der Waals surface area contributed by atoms with Crippen molar-refractivity contribution >= 4 is 12.1 Å². The van der Waals surface area contributed by atoms with Crippen LogP contribution in [-0.2, 0) is 6.54 Å². The number of hydrogen-bond donors (Lipinski definition) is 1. The van der Waals surface area contributed by atoms with Crippen molar-refractivity contribution in [3.63, 3.8) is 0 Å². The van der Waals surface area contributed by atoms with Crippen LogP contribution >= 0.6 is 0 Å². The van der Waals surface area contributed by atoms with Crippen LogP contribution in [0.2, 0.25) is 0 Å². The standard InChI is InChI=1S/C8H7N3O/c9-8(12)6-1-5-2-10-4-7(5)11-3-6/h1,3-4H,2H2,(H2,9,12)/p+1. The van der Waals surface area contributed by atoms with Crippen molar-refractivity contribution < 1.29 is 6.22 Å². The molecule has 4 nitrogen and oxygen atoms in total. The second-order valence-corrected chi connectivity index (χ2v) is 2.60. The van der Waals surface area contributed by atoms with Crippen molar-refractivity contribution in [2.24, 2.45) is 10.7 Å². The SMILES string of the molecule is NC(=O)c1cnc2c(c1)CN=C2.[H+]. The van der Waals surface area contributed by atoms with Crippen molar-refractivity contribution in [3.05, 3.63) is 29.1 Å². The van der Waals surface area contributed by atoms with Gasteiger partial charge < -0.3 is 5.73 Å². The first-order valence-electron chi connectivity index (χ1n) is 3.56. The summed E-state index contributed by atoms with van der Waals surface area (Å²) in [4.78, 5) is 18.8. The third-order valence-electron chi connectivity index (χ3n) is 1.76. The lowest BCUT2D eigenvalue weighted by molar-refractivity contribution is 0.1000. The Morgan fingerprint density at radius 3 is 3.25 bits per heavy atom. The Morgan fingerprint density at radius 1 is 1.67 bits per heavy atom. The summed E-state index contributed by atoms with van der Waals surface area (Å²) < 4.78 is 0. The monoisotopic (exact) mass is 162 g/mol. The first-order chi connectivity index (χ1) is 5.77. The van der Waals surface area contributed by atoms with Crippen molar-refractivity contribution in [1.29, 1.82) is 0 Å². The van der Waals surface area contributed by atoms with E-state index in [2.05, 4.69) is 9.98 Å². The lowest BCUT2D eigenvalue weighted by Crippen LogP contribution is -2.12. The van der Waals surface area contributed by atoms with E-state index in [0.717, 1.165) is 11.3 Å². The predicted octanol–water partition coefficient (Wildman–Crippen LogP) is 0.226. The number of fused-ring (bicyclic) bond motifs is 1. The van der Waals surface area contributed by atoms with Crippen LogP contribution in [0.1, 0.15) is 23.0 Å². The number of nitrogens with two attached hydrogens (primary N) is 1. The van der Waals surface area contributed by atoms with E-state index in [0.29, 0.717) is 12.1 Å². The molecule has 1 amide bonds. The van der Waals surface area contributed by atoms with Crippen LogP contribution in [0.15, 0.2) is 17.3 Å². The van der Waals surface area contributed by atoms with Gasteiger partial charge in [0.2, 0.25) is 5.91 Å². The summed E-state index contributed by atoms with van der Waals surface area (Å²) in [5, 5.41) is 0. The van der Waals surface area contributed by atoms with Gasteiger partial charge in [-0.3, -0.25) is 14.8 Å². The Labute approximate surface area is 70.6 Å². The van der Waals surface area contributed by atoms with Gasteiger partial charge in [-0.15, -0.1) is 0 Å². The maximum atomic E-state index is 10.7. The molecule has 0 spiro atoms. The summed E-state index contributed by atoms with van der Waals surface area (Å²) in [6, 6.07) is 1.73. The maximum absolute atomic E-state index is 10.7. The molecule has 1 aliphatic heterocycles. The van der Waals surface area contributed by atoms with Crippen LogP contribution in [0.4, 0.5) is 0 Å². The second kappa shape index (κ2) is 2.41. The summed E-state index contributed by atoms with van der Waals surface area (Å²) in [5.74, 6) is -0.447. The third-order valence-corrected chi connectivity index (χ3v) is 1.76. The molecule has 60 valence electrons. The fourth-order valence-electron chi connectivity index (χ4n) is 1.13. The van der Waals surface area contributed by atoms with Gasteiger partial charge in [0.05, 0.1) is 17.8 Å². The van der Waals surface area contributed by atoms with Crippen molar-refractivity contribution in [3.8, 4) is 0 Å². The molecule has 1 aliphatic rings. The summed E-state index contributed by atoms with van der Waals surface area (Å²) in [7, 11) is 0. The normalized spacial score (nSPS) is 13.0. The van der Waals surface area contributed by atoms with Gasteiger partial charge in [0, 0.05) is 18.0 Å². The predicted molar refractivity (Wildman–Crippen MR) is 45.2 cm³/mol. The van der Waals surface area contributed by atoms with Gasteiger partial charge in [-0.05, 0) is 6.07 Å². The Hall–Kier alpha value is -1.71. The molecule has 4 heteroatoms. The van der Waals surface area contributed by atoms with Crippen LogP contribution in [0.25, 0.3) is 0 Å². The highest BCUT2D eigenvalue weighted by molar-refractivity contribution is 5.93. The van der Waals surface area contributed by atoms with Crippen LogP contribution in [0.5, 0.6) is 0 Å². The summed E-state index contributed by atoms with van der Waals surface area (Å²) in [5.41, 5.74) is 7.33. The number of aliphatic imine (C=N–C) groups is 1. The number of hydrogen-bond acceptors (Lipinski definition) is 3. The highest BCUT2D eigenvalue weighted by Gasteiger charge is 2.09. The Morgan fingerprint density at radius 2 is 2.50 bits per heavy atom. The van der Waals surface area contributed by atoms with E-state index in [1.54, 1.807) is 12.3 Å². The minimum Gasteiger partial charge on any atom is -0.366 e. The number of carbonyl (C=O) groups excluding carboxylic acids is 1. The third kappa shape index (κ3) is 0.972. The molecule has 0 saturated carbocycles. The molecule has 0 saturated heterocycles. The largest absolute Gasteiger partial charge is 1.00 e. The lowest BCUT2D eigenvalue weighted by Gasteiger charge is -1.97. The Balaban J connectivity index is 0.000000845. The summed E-state index contributed by atoms with van der Waals surface area (Å²) in [6.45, 7) is 0.601. The number of pyridine rings is 1. The molecule has 0 bridgehead atoms. The second-order valence-electron chi connectivity index (χ2n) is 2.60. The summed E-state index contributed by atoms with van der Waals surface area (Å²) in [6.07, 6.45) is 3.17. The molecule has 1 aromatic rings. The minimum atomic E-state index is -0.447. The minimum absolute atomic E-state index is 0. The Bertz CT molecular complexity index is 376. The van der Waals surface area contributed by atoms with Crippen molar-refractivity contribution in [2.75, 3.05) is 0 Å². The molecule has 0 atom stereocenters. The van der Waals surface area contributed by atoms with Gasteiger partial charge in [0.25, 0.3) is 0 Å². The zero-order chi connectivity index (χ0) is 8.55. The van der Waals surface area contributed by atoms with Gasteiger partial charge in [-0.2, -0.15) is 0 Å². The Kier molecular flexibility index (Phi) is 1.40. The van der Waals surface area contributed by atoms with Gasteiger partial charge in [0.15, 0.2) is 0 Å². The highest BCUT2D eigenvalue weighted by Crippen LogP contribution is 2.12. The average Bonchev–Trinajstić information content (AvgIpc) is 2.49. The van der Waals surface area contributed by atoms with E-state index in [9.17, 15) is 4.79 Å². The van der Waals surface area contributed by atoms with Crippen LogP contribution in [0.3, 0.4) is 0 Å². The molecule has 2 heterocycles. The van der Waals surface area contributed by atoms with Gasteiger partial charge in [0.1, 0.15) is 0 Å².